The van der Waals surface area contributed by atoms with E-state index in [0.717, 1.165) is 0 Å². The predicted molar refractivity (Wildman–Crippen MR) is 47.0 cm³/mol. The van der Waals surface area contributed by atoms with Gasteiger partial charge in [0.05, 0.1) is 4.92 Å². The number of rotatable bonds is 1. The van der Waals surface area contributed by atoms with E-state index in [2.05, 4.69) is 0 Å². The number of benzene rings is 1. The van der Waals surface area contributed by atoms with E-state index in [9.17, 15) is 10.1 Å². The zero-order valence-corrected chi connectivity index (χ0v) is 7.00. The molecule has 0 aliphatic heterocycles. The summed E-state index contributed by atoms with van der Waals surface area (Å²) in [6.45, 7) is 3.36. The molecule has 4 nitrogen and oxygen atoms in total. The van der Waals surface area contributed by atoms with Gasteiger partial charge in [0, 0.05) is 16.8 Å². The minimum Gasteiger partial charge on any atom is -0.399 e. The summed E-state index contributed by atoms with van der Waals surface area (Å²) in [5.74, 6) is 0. The van der Waals surface area contributed by atoms with Crippen LogP contribution in [0, 0.1) is 24.0 Å². The fraction of sp³-hybridized carbons (Fsp3) is 0.250. The SMILES string of the molecule is Cc1cc(N)cc(C)c1[N+](=O)[O-]. The third kappa shape index (κ3) is 1.37. The lowest BCUT2D eigenvalue weighted by Gasteiger charge is -2.01. The highest BCUT2D eigenvalue weighted by Gasteiger charge is 2.13. The van der Waals surface area contributed by atoms with Crippen LogP contribution < -0.4 is 5.73 Å². The van der Waals surface area contributed by atoms with Gasteiger partial charge in [-0.15, -0.1) is 0 Å². The molecule has 0 unspecified atom stereocenters. The summed E-state index contributed by atoms with van der Waals surface area (Å²) in [6.07, 6.45) is 0. The highest BCUT2D eigenvalue weighted by Crippen LogP contribution is 2.24. The van der Waals surface area contributed by atoms with Crippen LogP contribution in [-0.4, -0.2) is 4.92 Å². The van der Waals surface area contributed by atoms with Crippen molar-refractivity contribution in [2.45, 2.75) is 13.8 Å². The molecule has 1 aromatic rings. The predicted octanol–water partition coefficient (Wildman–Crippen LogP) is 1.79. The van der Waals surface area contributed by atoms with Gasteiger partial charge in [-0.3, -0.25) is 10.1 Å². The maximum absolute atomic E-state index is 10.5. The minimum absolute atomic E-state index is 0.157. The van der Waals surface area contributed by atoms with Gasteiger partial charge in [0.15, 0.2) is 0 Å². The van der Waals surface area contributed by atoms with E-state index in [4.69, 9.17) is 5.73 Å². The summed E-state index contributed by atoms with van der Waals surface area (Å²) >= 11 is 0. The van der Waals surface area contributed by atoms with Crippen LogP contribution in [0.15, 0.2) is 12.1 Å². The monoisotopic (exact) mass is 166 g/mol. The average Bonchev–Trinajstić information content (AvgIpc) is 1.82. The fourth-order valence-corrected chi connectivity index (χ4v) is 1.28. The molecule has 0 aliphatic carbocycles. The van der Waals surface area contributed by atoms with Crippen molar-refractivity contribution in [3.05, 3.63) is 33.4 Å². The molecule has 12 heavy (non-hydrogen) atoms. The molecule has 0 heterocycles. The zero-order chi connectivity index (χ0) is 9.30. The number of nitrogen functional groups attached to an aromatic ring is 1. The van der Waals surface area contributed by atoms with Crippen LogP contribution in [0.5, 0.6) is 0 Å². The molecule has 4 heteroatoms. The summed E-state index contributed by atoms with van der Waals surface area (Å²) in [5, 5.41) is 10.5. The lowest BCUT2D eigenvalue weighted by molar-refractivity contribution is -0.386. The molecule has 2 N–H and O–H groups in total. The molecule has 0 aromatic heterocycles. The molecule has 0 spiro atoms. The Morgan fingerprint density at radius 1 is 1.33 bits per heavy atom. The van der Waals surface area contributed by atoms with Crippen LogP contribution in [0.1, 0.15) is 11.1 Å². The molecule has 0 fully saturated rings. The quantitative estimate of drug-likeness (QED) is 0.393. The van der Waals surface area contributed by atoms with Gasteiger partial charge in [0.1, 0.15) is 0 Å². The molecule has 1 rings (SSSR count). The van der Waals surface area contributed by atoms with Gasteiger partial charge in [0.25, 0.3) is 5.69 Å². The van der Waals surface area contributed by atoms with Crippen LogP contribution >= 0.6 is 0 Å². The number of nitro groups is 1. The summed E-state index contributed by atoms with van der Waals surface area (Å²) in [7, 11) is 0. The average molecular weight is 166 g/mol. The van der Waals surface area contributed by atoms with Crippen LogP contribution in [-0.2, 0) is 0 Å². The van der Waals surface area contributed by atoms with Crippen molar-refractivity contribution >= 4 is 11.4 Å². The highest BCUT2D eigenvalue weighted by atomic mass is 16.6. The molecular weight excluding hydrogens is 156 g/mol. The van der Waals surface area contributed by atoms with Crippen molar-refractivity contribution in [1.82, 2.24) is 0 Å². The largest absolute Gasteiger partial charge is 0.399 e. The Hall–Kier alpha value is -1.58. The Bertz CT molecular complexity index is 311. The van der Waals surface area contributed by atoms with Crippen LogP contribution in [0.25, 0.3) is 0 Å². The molecular formula is C8H10N2O2. The summed E-state index contributed by atoms with van der Waals surface area (Å²) < 4.78 is 0. The van der Waals surface area contributed by atoms with Crippen molar-refractivity contribution in [3.63, 3.8) is 0 Å². The topological polar surface area (TPSA) is 69.2 Å². The molecule has 0 saturated carbocycles. The Morgan fingerprint density at radius 2 is 1.75 bits per heavy atom. The number of nitrogens with two attached hydrogens (primary N) is 1. The van der Waals surface area contributed by atoms with Gasteiger partial charge >= 0.3 is 0 Å². The first-order valence-corrected chi connectivity index (χ1v) is 3.53. The highest BCUT2D eigenvalue weighted by molar-refractivity contribution is 5.56. The van der Waals surface area contributed by atoms with Gasteiger partial charge in [-0.2, -0.15) is 0 Å². The molecule has 64 valence electrons. The van der Waals surface area contributed by atoms with Crippen LogP contribution in [0.4, 0.5) is 11.4 Å². The van der Waals surface area contributed by atoms with Gasteiger partial charge in [-0.05, 0) is 26.0 Å². The first-order valence-electron chi connectivity index (χ1n) is 3.53. The smallest absolute Gasteiger partial charge is 0.275 e. The Kier molecular flexibility index (Phi) is 1.99. The minimum atomic E-state index is -0.385. The van der Waals surface area contributed by atoms with Crippen molar-refractivity contribution in [2.75, 3.05) is 5.73 Å². The summed E-state index contributed by atoms with van der Waals surface area (Å²) in [6, 6.07) is 3.20. The second kappa shape index (κ2) is 2.81. The normalized spacial score (nSPS) is 9.83. The first-order chi connectivity index (χ1) is 5.52. The maximum Gasteiger partial charge on any atom is 0.275 e. The van der Waals surface area contributed by atoms with E-state index >= 15 is 0 Å². The van der Waals surface area contributed by atoms with Crippen molar-refractivity contribution in [3.8, 4) is 0 Å². The fourth-order valence-electron chi connectivity index (χ4n) is 1.28. The van der Waals surface area contributed by atoms with E-state index in [0.29, 0.717) is 16.8 Å². The van der Waals surface area contributed by atoms with E-state index in [-0.39, 0.29) is 10.6 Å². The van der Waals surface area contributed by atoms with E-state index in [1.807, 2.05) is 0 Å². The number of aryl methyl sites for hydroxylation is 2. The molecule has 0 bridgehead atoms. The second-order valence-electron chi connectivity index (χ2n) is 2.76. The van der Waals surface area contributed by atoms with Crippen LogP contribution in [0.3, 0.4) is 0 Å². The Labute approximate surface area is 70.2 Å². The van der Waals surface area contributed by atoms with Crippen LogP contribution in [0.2, 0.25) is 0 Å². The van der Waals surface area contributed by atoms with Crippen molar-refractivity contribution in [2.24, 2.45) is 0 Å². The van der Waals surface area contributed by atoms with Crippen molar-refractivity contribution in [1.29, 1.82) is 0 Å². The first kappa shape index (κ1) is 8.52. The molecule has 0 radical (unpaired) electrons. The molecule has 0 atom stereocenters. The standard InChI is InChI=1S/C8H10N2O2/c1-5-3-7(9)4-6(2)8(5)10(11)12/h3-4H,9H2,1-2H3. The molecule has 1 aromatic carbocycles. The summed E-state index contributed by atoms with van der Waals surface area (Å²) in [5.41, 5.74) is 7.45. The van der Waals surface area contributed by atoms with E-state index < -0.39 is 0 Å². The number of hydrogen-bond donors (Lipinski definition) is 1. The number of nitro benzene ring substituents is 1. The number of hydrogen-bond acceptors (Lipinski definition) is 3. The molecule has 0 aliphatic rings. The lowest BCUT2D eigenvalue weighted by Crippen LogP contribution is -1.97. The van der Waals surface area contributed by atoms with Gasteiger partial charge < -0.3 is 5.73 Å². The Balaban J connectivity index is 3.38. The third-order valence-corrected chi connectivity index (χ3v) is 1.70. The summed E-state index contributed by atoms with van der Waals surface area (Å²) in [4.78, 5) is 10.1. The lowest BCUT2D eigenvalue weighted by atomic mass is 10.1. The second-order valence-corrected chi connectivity index (χ2v) is 2.76. The Morgan fingerprint density at radius 3 is 2.08 bits per heavy atom. The number of anilines is 1. The zero-order valence-electron chi connectivity index (χ0n) is 7.00. The van der Waals surface area contributed by atoms with Gasteiger partial charge in [0.2, 0.25) is 0 Å². The van der Waals surface area contributed by atoms with E-state index in [1.165, 1.54) is 0 Å². The van der Waals surface area contributed by atoms with E-state index in [1.54, 1.807) is 26.0 Å². The van der Waals surface area contributed by atoms with Crippen molar-refractivity contribution < 1.29 is 4.92 Å². The maximum atomic E-state index is 10.5. The van der Waals surface area contributed by atoms with Gasteiger partial charge in [-0.25, -0.2) is 0 Å². The van der Waals surface area contributed by atoms with Gasteiger partial charge in [-0.1, -0.05) is 0 Å². The third-order valence-electron chi connectivity index (χ3n) is 1.70. The molecule has 0 saturated heterocycles. The molecule has 0 amide bonds. The number of nitrogens with zero attached hydrogens (tertiary/aromatic N) is 1.